The Balaban J connectivity index is 1.35. The van der Waals surface area contributed by atoms with Crippen molar-refractivity contribution in [3.8, 4) is 11.5 Å². The monoisotopic (exact) mass is 474 g/mol. The Morgan fingerprint density at radius 2 is 1.80 bits per heavy atom. The molecule has 0 spiro atoms. The maximum absolute atomic E-state index is 13.1. The minimum Gasteiger partial charge on any atom is -0.508 e. The number of fused-ring (bicyclic) bond motifs is 1. The molecule has 2 aliphatic heterocycles. The van der Waals surface area contributed by atoms with Crippen molar-refractivity contribution < 1.29 is 14.2 Å². The van der Waals surface area contributed by atoms with Gasteiger partial charge >= 0.3 is 0 Å². The van der Waals surface area contributed by atoms with Gasteiger partial charge in [0, 0.05) is 18.3 Å². The molecule has 35 heavy (non-hydrogen) atoms. The second-order valence-corrected chi connectivity index (χ2v) is 9.87. The normalized spacial score (nSPS) is 20.8. The van der Waals surface area contributed by atoms with E-state index in [1.165, 1.54) is 29.5 Å². The van der Waals surface area contributed by atoms with Gasteiger partial charge in [0.15, 0.2) is 0 Å². The molecule has 0 bridgehead atoms. The number of anilines is 1. The summed E-state index contributed by atoms with van der Waals surface area (Å²) in [5.41, 5.74) is 5.46. The van der Waals surface area contributed by atoms with E-state index in [0.717, 1.165) is 43.8 Å². The molecule has 0 amide bonds. The van der Waals surface area contributed by atoms with Crippen LogP contribution in [-0.4, -0.2) is 30.3 Å². The number of phenols is 1. The predicted octanol–water partition coefficient (Wildman–Crippen LogP) is 6.12. The van der Waals surface area contributed by atoms with Crippen LogP contribution >= 0.6 is 0 Å². The van der Waals surface area contributed by atoms with Crippen LogP contribution in [0.15, 0.2) is 66.7 Å². The van der Waals surface area contributed by atoms with E-state index in [4.69, 9.17) is 4.74 Å². The van der Waals surface area contributed by atoms with Crippen molar-refractivity contribution in [2.75, 3.05) is 18.0 Å². The lowest BCUT2D eigenvalue weighted by Crippen LogP contribution is -2.44. The van der Waals surface area contributed by atoms with E-state index in [2.05, 4.69) is 41.4 Å². The number of hydrogen-bond acceptors (Lipinski definition) is 4. The van der Waals surface area contributed by atoms with Crippen molar-refractivity contribution >= 4 is 5.69 Å². The average molecular weight is 475 g/mol. The second-order valence-electron chi connectivity index (χ2n) is 9.87. The topological polar surface area (TPSA) is 44.7 Å². The molecule has 5 rings (SSSR count). The number of ether oxygens (including phenoxy) is 1. The first-order chi connectivity index (χ1) is 17.1. The fraction of sp³-hybridized carbons (Fsp3) is 0.400. The van der Waals surface area contributed by atoms with Crippen LogP contribution in [-0.2, 0) is 19.5 Å². The van der Waals surface area contributed by atoms with E-state index in [1.54, 1.807) is 6.07 Å². The van der Waals surface area contributed by atoms with Gasteiger partial charge in [-0.3, -0.25) is 0 Å². The SMILES string of the molecule is CC(Oc1ccc(CC2c3ccc(O)cc3CCN2c2ccc(CF)cc2)cc1)C1CCCCN1. The third-order valence-electron chi connectivity index (χ3n) is 7.50. The van der Waals surface area contributed by atoms with Gasteiger partial charge in [0.2, 0.25) is 0 Å². The van der Waals surface area contributed by atoms with Crippen LogP contribution in [0.4, 0.5) is 10.1 Å². The first-order valence-electron chi connectivity index (χ1n) is 12.8. The Morgan fingerprint density at radius 3 is 2.51 bits per heavy atom. The lowest BCUT2D eigenvalue weighted by atomic mass is 9.88. The molecular weight excluding hydrogens is 439 g/mol. The number of phenolic OH excluding ortho intramolecular Hbond substituents is 1. The lowest BCUT2D eigenvalue weighted by Gasteiger charge is -2.39. The highest BCUT2D eigenvalue weighted by Crippen LogP contribution is 2.37. The van der Waals surface area contributed by atoms with Crippen LogP contribution in [0.5, 0.6) is 11.5 Å². The van der Waals surface area contributed by atoms with Gasteiger partial charge in [-0.2, -0.15) is 0 Å². The van der Waals surface area contributed by atoms with Gasteiger partial charge < -0.3 is 20.1 Å². The quantitative estimate of drug-likeness (QED) is 0.433. The number of piperidine rings is 1. The van der Waals surface area contributed by atoms with Gasteiger partial charge in [0.1, 0.15) is 24.3 Å². The summed E-state index contributed by atoms with van der Waals surface area (Å²) >= 11 is 0. The minimum atomic E-state index is -0.449. The summed E-state index contributed by atoms with van der Waals surface area (Å²) in [4.78, 5) is 2.41. The van der Waals surface area contributed by atoms with Crippen LogP contribution in [0.2, 0.25) is 0 Å². The molecule has 184 valence electrons. The zero-order chi connectivity index (χ0) is 24.2. The van der Waals surface area contributed by atoms with E-state index in [0.29, 0.717) is 17.4 Å². The largest absolute Gasteiger partial charge is 0.508 e. The van der Waals surface area contributed by atoms with E-state index < -0.39 is 6.67 Å². The Kier molecular flexibility index (Phi) is 7.24. The van der Waals surface area contributed by atoms with Gasteiger partial charge in [-0.15, -0.1) is 0 Å². The Hall–Kier alpha value is -3.05. The van der Waals surface area contributed by atoms with Gasteiger partial charge in [-0.05, 0) is 97.8 Å². The number of nitrogens with zero attached hydrogens (tertiary/aromatic N) is 1. The fourth-order valence-corrected chi connectivity index (χ4v) is 5.51. The van der Waals surface area contributed by atoms with Gasteiger partial charge in [0.25, 0.3) is 0 Å². The number of rotatable bonds is 7. The fourth-order valence-electron chi connectivity index (χ4n) is 5.51. The molecule has 0 aromatic heterocycles. The molecule has 3 aromatic carbocycles. The van der Waals surface area contributed by atoms with Gasteiger partial charge in [-0.25, -0.2) is 4.39 Å². The molecule has 2 heterocycles. The second kappa shape index (κ2) is 10.7. The molecular formula is C30H35FN2O2. The summed E-state index contributed by atoms with van der Waals surface area (Å²) in [5.74, 6) is 1.22. The number of benzene rings is 3. The van der Waals surface area contributed by atoms with Crippen molar-refractivity contribution in [2.45, 2.75) is 63.9 Å². The number of halogens is 1. The molecule has 0 radical (unpaired) electrons. The first-order valence-corrected chi connectivity index (χ1v) is 12.8. The molecule has 1 fully saturated rings. The third-order valence-corrected chi connectivity index (χ3v) is 7.50. The molecule has 3 atom stereocenters. The Labute approximate surface area is 207 Å². The molecule has 5 heteroatoms. The van der Waals surface area contributed by atoms with Crippen molar-refractivity contribution in [3.63, 3.8) is 0 Å². The van der Waals surface area contributed by atoms with Crippen LogP contribution in [0.1, 0.15) is 54.5 Å². The van der Waals surface area contributed by atoms with Crippen LogP contribution in [0, 0.1) is 0 Å². The van der Waals surface area contributed by atoms with Gasteiger partial charge in [0.05, 0.1) is 6.04 Å². The maximum atomic E-state index is 13.1. The Morgan fingerprint density at radius 1 is 1.03 bits per heavy atom. The molecule has 3 aromatic rings. The maximum Gasteiger partial charge on any atom is 0.119 e. The lowest BCUT2D eigenvalue weighted by molar-refractivity contribution is 0.152. The molecule has 2 aliphatic rings. The molecule has 0 saturated carbocycles. The predicted molar refractivity (Wildman–Crippen MR) is 139 cm³/mol. The summed E-state index contributed by atoms with van der Waals surface area (Å²) < 4.78 is 19.3. The van der Waals surface area contributed by atoms with Crippen LogP contribution < -0.4 is 15.0 Å². The average Bonchev–Trinajstić information content (AvgIpc) is 2.90. The highest BCUT2D eigenvalue weighted by molar-refractivity contribution is 5.54. The van der Waals surface area contributed by atoms with Crippen molar-refractivity contribution in [1.82, 2.24) is 5.32 Å². The van der Waals surface area contributed by atoms with E-state index in [9.17, 15) is 9.50 Å². The van der Waals surface area contributed by atoms with Gasteiger partial charge in [-0.1, -0.05) is 36.8 Å². The highest BCUT2D eigenvalue weighted by Gasteiger charge is 2.28. The molecule has 4 nitrogen and oxygen atoms in total. The number of nitrogens with one attached hydrogen (secondary N) is 1. The van der Waals surface area contributed by atoms with Crippen molar-refractivity contribution in [1.29, 1.82) is 0 Å². The van der Waals surface area contributed by atoms with E-state index in [-0.39, 0.29) is 12.1 Å². The zero-order valence-corrected chi connectivity index (χ0v) is 20.4. The summed E-state index contributed by atoms with van der Waals surface area (Å²) in [6, 6.07) is 22.5. The molecule has 0 aliphatic carbocycles. The molecule has 1 saturated heterocycles. The Bertz CT molecular complexity index is 1110. The minimum absolute atomic E-state index is 0.132. The first kappa shape index (κ1) is 23.7. The smallest absolute Gasteiger partial charge is 0.119 e. The number of alkyl halides is 1. The summed E-state index contributed by atoms with van der Waals surface area (Å²) in [5, 5.41) is 13.6. The zero-order valence-electron chi connectivity index (χ0n) is 20.4. The number of aromatic hydroxyl groups is 1. The van der Waals surface area contributed by atoms with Crippen molar-refractivity contribution in [2.24, 2.45) is 0 Å². The van der Waals surface area contributed by atoms with E-state index in [1.807, 2.05) is 36.4 Å². The molecule has 2 N–H and O–H groups in total. The van der Waals surface area contributed by atoms with Crippen molar-refractivity contribution in [3.05, 3.63) is 89.0 Å². The number of hydrogen-bond donors (Lipinski definition) is 2. The standard InChI is InChI=1S/C30H35FN2O2/c1-21(29-4-2-3-16-32-29)35-27-12-7-22(8-13-27)18-30-28-14-11-26(34)19-24(28)15-17-33(30)25-9-5-23(20-31)6-10-25/h5-14,19,21,29-30,32,34H,2-4,15-18,20H2,1H3. The highest BCUT2D eigenvalue weighted by atomic mass is 19.1. The third kappa shape index (κ3) is 5.46. The summed E-state index contributed by atoms with van der Waals surface area (Å²) in [6.07, 6.45) is 5.52. The summed E-state index contributed by atoms with van der Waals surface area (Å²) in [7, 11) is 0. The van der Waals surface area contributed by atoms with Crippen LogP contribution in [0.25, 0.3) is 0 Å². The molecule has 3 unspecified atom stereocenters. The van der Waals surface area contributed by atoms with Crippen LogP contribution in [0.3, 0.4) is 0 Å². The summed E-state index contributed by atoms with van der Waals surface area (Å²) in [6.45, 7) is 3.63. The van der Waals surface area contributed by atoms with E-state index >= 15 is 0 Å².